The maximum Gasteiger partial charge on any atom is 0.341 e. The highest BCUT2D eigenvalue weighted by Gasteiger charge is 2.15. The van der Waals surface area contributed by atoms with Crippen LogP contribution in [0.25, 0.3) is 0 Å². The molecule has 24 heavy (non-hydrogen) atoms. The Kier molecular flexibility index (Phi) is 8.29. The number of rotatable bonds is 9. The van der Waals surface area contributed by atoms with E-state index in [-0.39, 0.29) is 24.2 Å². The Balaban J connectivity index is 2.63. The number of carbonyl (C=O) groups excluding carboxylic acids is 1. The average Bonchev–Trinajstić information content (AvgIpc) is 2.54. The first-order chi connectivity index (χ1) is 11.4. The van der Waals surface area contributed by atoms with Crippen molar-refractivity contribution in [1.29, 1.82) is 0 Å². The molecule has 0 radical (unpaired) electrons. The number of aryl methyl sites for hydroxylation is 1. The van der Waals surface area contributed by atoms with Crippen LogP contribution in [-0.2, 0) is 4.74 Å². The van der Waals surface area contributed by atoms with Gasteiger partial charge >= 0.3 is 5.97 Å². The van der Waals surface area contributed by atoms with Crippen LogP contribution in [0.4, 0.5) is 14.7 Å². The van der Waals surface area contributed by atoms with Crippen LogP contribution in [0.3, 0.4) is 0 Å². The molecule has 0 spiro atoms. The molecule has 0 amide bonds. The fraction of sp³-hybridized carbons (Fsp3) is 0.588. The molecule has 0 aliphatic heterocycles. The number of carbonyl (C=O) groups is 1. The molecule has 0 saturated carbocycles. The van der Waals surface area contributed by atoms with Gasteiger partial charge in [0, 0.05) is 26.2 Å². The van der Waals surface area contributed by atoms with E-state index in [0.29, 0.717) is 11.6 Å². The normalized spacial score (nSPS) is 10.4. The van der Waals surface area contributed by atoms with Crippen molar-refractivity contribution in [3.05, 3.63) is 29.1 Å². The highest BCUT2D eigenvalue weighted by molar-refractivity contribution is 5.90. The number of hydrogen-bond donors (Lipinski definition) is 0. The van der Waals surface area contributed by atoms with Crippen LogP contribution in [0.1, 0.15) is 55.6 Å². The first-order valence-electron chi connectivity index (χ1n) is 8.09. The fourth-order valence-electron chi connectivity index (χ4n) is 2.01. The third kappa shape index (κ3) is 6.22. The minimum Gasteiger partial charge on any atom is -0.462 e. The Labute approximate surface area is 141 Å². The van der Waals surface area contributed by atoms with Gasteiger partial charge in [0.1, 0.15) is 0 Å². The van der Waals surface area contributed by atoms with Crippen molar-refractivity contribution in [2.75, 3.05) is 25.1 Å². The summed E-state index contributed by atoms with van der Waals surface area (Å²) in [5.41, 5.74) is 0.680. The Morgan fingerprint density at radius 2 is 2.04 bits per heavy atom. The van der Waals surface area contributed by atoms with Gasteiger partial charge in [-0.05, 0) is 25.8 Å². The Morgan fingerprint density at radius 3 is 2.62 bits per heavy atom. The van der Waals surface area contributed by atoms with Gasteiger partial charge in [-0.2, -0.15) is 8.78 Å². The highest BCUT2D eigenvalue weighted by atomic mass is 19.3. The van der Waals surface area contributed by atoms with E-state index < -0.39 is 12.0 Å². The van der Waals surface area contributed by atoms with E-state index in [1.165, 1.54) is 13.1 Å². The third-order valence-electron chi connectivity index (χ3n) is 3.66. The molecule has 1 aromatic heterocycles. The van der Waals surface area contributed by atoms with Crippen molar-refractivity contribution < 1.29 is 18.3 Å². The summed E-state index contributed by atoms with van der Waals surface area (Å²) in [6.07, 6.45) is 3.03. The van der Waals surface area contributed by atoms with E-state index >= 15 is 0 Å². The molecule has 0 saturated heterocycles. The topological polar surface area (TPSA) is 55.3 Å². The largest absolute Gasteiger partial charge is 0.462 e. The number of anilines is 1. The molecule has 0 atom stereocenters. The fourth-order valence-corrected chi connectivity index (χ4v) is 2.01. The van der Waals surface area contributed by atoms with E-state index in [1.54, 1.807) is 6.92 Å². The number of ether oxygens (including phenoxy) is 1. The summed E-state index contributed by atoms with van der Waals surface area (Å²) in [7, 11) is 1.91. The minimum absolute atomic E-state index is 0.00618. The lowest BCUT2D eigenvalue weighted by molar-refractivity contribution is 0.0506. The maximum atomic E-state index is 12.3. The van der Waals surface area contributed by atoms with Crippen molar-refractivity contribution in [3.8, 4) is 0 Å². The van der Waals surface area contributed by atoms with Gasteiger partial charge in [-0.3, -0.25) is 0 Å². The van der Waals surface area contributed by atoms with Crippen molar-refractivity contribution in [3.63, 3.8) is 0 Å². The minimum atomic E-state index is -1.74. The molecule has 0 N–H and O–H groups in total. The summed E-state index contributed by atoms with van der Waals surface area (Å²) in [4.78, 5) is 22.5. The molecule has 0 aromatic carbocycles. The molecule has 0 aliphatic rings. The van der Waals surface area contributed by atoms with Crippen molar-refractivity contribution in [1.82, 2.24) is 9.97 Å². The van der Waals surface area contributed by atoms with E-state index in [4.69, 9.17) is 4.74 Å². The molecule has 134 valence electrons. The van der Waals surface area contributed by atoms with Gasteiger partial charge in [0.15, 0.2) is 0 Å². The Bertz CT molecular complexity index is 587. The number of hydrogen-bond acceptors (Lipinski definition) is 5. The molecule has 0 bridgehead atoms. The van der Waals surface area contributed by atoms with Gasteiger partial charge in [0.25, 0.3) is 6.08 Å². The molecule has 0 fully saturated rings. The van der Waals surface area contributed by atoms with Crippen molar-refractivity contribution in [2.45, 2.75) is 46.5 Å². The predicted octanol–water partition coefficient (Wildman–Crippen LogP) is 4.13. The van der Waals surface area contributed by atoms with Gasteiger partial charge in [0.05, 0.1) is 17.9 Å². The average molecular weight is 341 g/mol. The lowest BCUT2D eigenvalue weighted by atomic mass is 10.2. The number of halogens is 2. The van der Waals surface area contributed by atoms with Crippen LogP contribution in [0.5, 0.6) is 0 Å². The second-order valence-corrected chi connectivity index (χ2v) is 5.72. The molecular weight excluding hydrogens is 316 g/mol. The lowest BCUT2D eigenvalue weighted by Crippen LogP contribution is -2.22. The first-order valence-corrected chi connectivity index (χ1v) is 8.09. The number of unbranched alkanes of at least 4 members (excludes halogenated alkanes) is 2. The van der Waals surface area contributed by atoms with E-state index in [2.05, 4.69) is 16.9 Å². The van der Waals surface area contributed by atoms with Crippen LogP contribution in [-0.4, -0.2) is 36.1 Å². The van der Waals surface area contributed by atoms with Gasteiger partial charge < -0.3 is 9.64 Å². The summed E-state index contributed by atoms with van der Waals surface area (Å²) in [5.74, 6) is -0.0433. The lowest BCUT2D eigenvalue weighted by Gasteiger charge is -2.17. The Morgan fingerprint density at radius 1 is 1.33 bits per heavy atom. The molecule has 7 heteroatoms. The van der Waals surface area contributed by atoms with E-state index in [0.717, 1.165) is 25.8 Å². The zero-order chi connectivity index (χ0) is 18.1. The van der Waals surface area contributed by atoms with E-state index in [1.807, 2.05) is 11.9 Å². The number of aromatic nitrogens is 2. The van der Waals surface area contributed by atoms with Gasteiger partial charge in [-0.15, -0.1) is 0 Å². The van der Waals surface area contributed by atoms with Gasteiger partial charge in [-0.1, -0.05) is 19.8 Å². The predicted molar refractivity (Wildman–Crippen MR) is 89.4 cm³/mol. The zero-order valence-corrected chi connectivity index (χ0v) is 14.7. The monoisotopic (exact) mass is 341 g/mol. The molecule has 0 aliphatic carbocycles. The van der Waals surface area contributed by atoms with Gasteiger partial charge in [-0.25, -0.2) is 14.8 Å². The number of esters is 1. The van der Waals surface area contributed by atoms with Crippen LogP contribution in [0.15, 0.2) is 17.9 Å². The molecule has 1 rings (SSSR count). The summed E-state index contributed by atoms with van der Waals surface area (Å²) in [5, 5.41) is 0. The highest BCUT2D eigenvalue weighted by Crippen LogP contribution is 2.14. The van der Waals surface area contributed by atoms with Crippen LogP contribution in [0, 0.1) is 6.92 Å². The summed E-state index contributed by atoms with van der Waals surface area (Å²) in [6, 6.07) is 0. The van der Waals surface area contributed by atoms with Gasteiger partial charge in [0.2, 0.25) is 5.95 Å². The molecular formula is C17H25F2N3O2. The summed E-state index contributed by atoms with van der Waals surface area (Å²) >= 11 is 0. The molecule has 0 unspecified atom stereocenters. The smallest absolute Gasteiger partial charge is 0.341 e. The zero-order valence-electron chi connectivity index (χ0n) is 14.7. The van der Waals surface area contributed by atoms with Crippen LogP contribution in [0.2, 0.25) is 0 Å². The molecule has 5 nitrogen and oxygen atoms in total. The van der Waals surface area contributed by atoms with Crippen molar-refractivity contribution >= 4 is 11.9 Å². The summed E-state index contributed by atoms with van der Waals surface area (Å²) in [6.45, 7) is 5.90. The second-order valence-electron chi connectivity index (χ2n) is 5.72. The Hall–Kier alpha value is -2.05. The standard InChI is InChI=1S/C17H25F2N3O2/c1-5-6-7-9-22(4)17-20-11-14(13(3)21-17)16(23)24-10-8-12(2)15(18)19/h11H,5-10H2,1-4H3. The molecule has 1 heterocycles. The quantitative estimate of drug-likeness (QED) is 0.499. The van der Waals surface area contributed by atoms with Crippen LogP contribution >= 0.6 is 0 Å². The summed E-state index contributed by atoms with van der Waals surface area (Å²) < 4.78 is 29.6. The first kappa shape index (κ1) is 20.0. The maximum absolute atomic E-state index is 12.3. The van der Waals surface area contributed by atoms with Crippen molar-refractivity contribution in [2.24, 2.45) is 0 Å². The third-order valence-corrected chi connectivity index (χ3v) is 3.66. The second kappa shape index (κ2) is 9.95. The number of nitrogens with zero attached hydrogens (tertiary/aromatic N) is 3. The van der Waals surface area contributed by atoms with Crippen LogP contribution < -0.4 is 4.90 Å². The van der Waals surface area contributed by atoms with E-state index in [9.17, 15) is 13.6 Å². The SMILES string of the molecule is CCCCCN(C)c1ncc(C(=O)OCCC(C)=C(F)F)c(C)n1. The molecule has 1 aromatic rings.